The molecule has 0 spiro atoms. The fraction of sp³-hybridized carbons (Fsp3) is 0.533. The number of nitrogens with one attached hydrogen (secondary N) is 1. The minimum Gasteiger partial charge on any atom is -0.368 e. The van der Waals surface area contributed by atoms with E-state index in [4.69, 9.17) is 0 Å². The van der Waals surface area contributed by atoms with Crippen molar-refractivity contribution in [1.82, 2.24) is 10.2 Å². The van der Waals surface area contributed by atoms with Crippen LogP contribution in [0.4, 0.5) is 5.69 Å². The van der Waals surface area contributed by atoms with Gasteiger partial charge in [-0.2, -0.15) is 0 Å². The van der Waals surface area contributed by atoms with Crippen LogP contribution in [-0.4, -0.2) is 43.5 Å². The Hall–Kier alpha value is -1.55. The summed E-state index contributed by atoms with van der Waals surface area (Å²) < 4.78 is 0. The molecule has 0 radical (unpaired) electrons. The molecule has 2 rings (SSSR count). The number of hydrogen-bond donors (Lipinski definition) is 1. The maximum atomic E-state index is 11.3. The lowest BCUT2D eigenvalue weighted by atomic mass is 10.1. The number of piperazine rings is 1. The second kappa shape index (κ2) is 6.57. The molecular formula is C15H23N3O. The SMILES string of the molecule is CCNCc1ccccc1N1CCN(C(C)=O)CC1. The van der Waals surface area contributed by atoms with Crippen LogP contribution in [0.25, 0.3) is 0 Å². The molecule has 1 aliphatic rings. The van der Waals surface area contributed by atoms with Gasteiger partial charge in [-0.05, 0) is 18.2 Å². The molecule has 0 aliphatic carbocycles. The zero-order valence-electron chi connectivity index (χ0n) is 11.9. The monoisotopic (exact) mass is 261 g/mol. The van der Waals surface area contributed by atoms with Crippen LogP contribution in [0.2, 0.25) is 0 Å². The highest BCUT2D eigenvalue weighted by atomic mass is 16.2. The molecule has 1 heterocycles. The highest BCUT2D eigenvalue weighted by molar-refractivity contribution is 5.73. The Kier molecular flexibility index (Phi) is 4.80. The van der Waals surface area contributed by atoms with Gasteiger partial charge in [0.15, 0.2) is 0 Å². The first kappa shape index (κ1) is 13.9. The zero-order valence-corrected chi connectivity index (χ0v) is 11.9. The van der Waals surface area contributed by atoms with Crippen molar-refractivity contribution in [3.05, 3.63) is 29.8 Å². The summed E-state index contributed by atoms with van der Waals surface area (Å²) in [6, 6.07) is 8.52. The van der Waals surface area contributed by atoms with Crippen LogP contribution in [0.15, 0.2) is 24.3 Å². The Balaban J connectivity index is 2.04. The molecule has 1 aromatic carbocycles. The quantitative estimate of drug-likeness (QED) is 0.891. The largest absolute Gasteiger partial charge is 0.368 e. The van der Waals surface area contributed by atoms with Gasteiger partial charge in [0, 0.05) is 45.3 Å². The van der Waals surface area contributed by atoms with E-state index in [0.29, 0.717) is 0 Å². The Morgan fingerprint density at radius 2 is 1.89 bits per heavy atom. The molecule has 0 atom stereocenters. The zero-order chi connectivity index (χ0) is 13.7. The molecule has 1 fully saturated rings. The maximum absolute atomic E-state index is 11.3. The lowest BCUT2D eigenvalue weighted by molar-refractivity contribution is -0.129. The summed E-state index contributed by atoms with van der Waals surface area (Å²) >= 11 is 0. The van der Waals surface area contributed by atoms with Gasteiger partial charge in [-0.1, -0.05) is 25.1 Å². The van der Waals surface area contributed by atoms with Crippen molar-refractivity contribution in [3.63, 3.8) is 0 Å². The molecule has 0 saturated carbocycles. The fourth-order valence-electron chi connectivity index (χ4n) is 2.49. The summed E-state index contributed by atoms with van der Waals surface area (Å²) in [6.45, 7) is 9.14. The highest BCUT2D eigenvalue weighted by Crippen LogP contribution is 2.21. The number of anilines is 1. The molecule has 4 heteroatoms. The van der Waals surface area contributed by atoms with E-state index in [9.17, 15) is 4.79 Å². The Morgan fingerprint density at radius 3 is 2.53 bits per heavy atom. The van der Waals surface area contributed by atoms with Crippen LogP contribution >= 0.6 is 0 Å². The van der Waals surface area contributed by atoms with Crippen molar-refractivity contribution >= 4 is 11.6 Å². The van der Waals surface area contributed by atoms with Gasteiger partial charge in [-0.25, -0.2) is 0 Å². The smallest absolute Gasteiger partial charge is 0.219 e. The lowest BCUT2D eigenvalue weighted by Crippen LogP contribution is -2.48. The molecular weight excluding hydrogens is 238 g/mol. The molecule has 1 saturated heterocycles. The number of benzene rings is 1. The van der Waals surface area contributed by atoms with Gasteiger partial charge in [-0.15, -0.1) is 0 Å². The van der Waals surface area contributed by atoms with Crippen LogP contribution in [0, 0.1) is 0 Å². The van der Waals surface area contributed by atoms with E-state index in [2.05, 4.69) is 41.4 Å². The molecule has 1 aliphatic heterocycles. The Bertz CT molecular complexity index is 425. The normalized spacial score (nSPS) is 15.7. The van der Waals surface area contributed by atoms with Gasteiger partial charge in [0.2, 0.25) is 5.91 Å². The summed E-state index contributed by atoms with van der Waals surface area (Å²) in [5.74, 6) is 0.181. The summed E-state index contributed by atoms with van der Waals surface area (Å²) in [4.78, 5) is 15.6. The van der Waals surface area contributed by atoms with Crippen molar-refractivity contribution in [3.8, 4) is 0 Å². The first-order valence-electron chi connectivity index (χ1n) is 7.01. The van der Waals surface area contributed by atoms with Crippen LogP contribution < -0.4 is 10.2 Å². The van der Waals surface area contributed by atoms with E-state index < -0.39 is 0 Å². The third kappa shape index (κ3) is 3.47. The molecule has 19 heavy (non-hydrogen) atoms. The molecule has 1 N–H and O–H groups in total. The third-order valence-electron chi connectivity index (χ3n) is 3.62. The maximum Gasteiger partial charge on any atom is 0.219 e. The topological polar surface area (TPSA) is 35.6 Å². The predicted molar refractivity (Wildman–Crippen MR) is 78.3 cm³/mol. The molecule has 1 aromatic rings. The number of hydrogen-bond acceptors (Lipinski definition) is 3. The van der Waals surface area contributed by atoms with Gasteiger partial charge >= 0.3 is 0 Å². The Labute approximate surface area is 115 Å². The van der Waals surface area contributed by atoms with E-state index in [1.165, 1.54) is 11.3 Å². The van der Waals surface area contributed by atoms with E-state index in [-0.39, 0.29) is 5.91 Å². The van der Waals surface area contributed by atoms with Crippen LogP contribution in [-0.2, 0) is 11.3 Å². The number of nitrogens with zero attached hydrogens (tertiary/aromatic N) is 2. The second-order valence-corrected chi connectivity index (χ2v) is 4.90. The van der Waals surface area contributed by atoms with Gasteiger partial charge < -0.3 is 15.1 Å². The van der Waals surface area contributed by atoms with E-state index in [1.54, 1.807) is 6.92 Å². The second-order valence-electron chi connectivity index (χ2n) is 4.90. The molecule has 0 bridgehead atoms. The first-order chi connectivity index (χ1) is 9.22. The summed E-state index contributed by atoms with van der Waals surface area (Å²) in [7, 11) is 0. The van der Waals surface area contributed by atoms with Gasteiger partial charge in [0.25, 0.3) is 0 Å². The molecule has 104 valence electrons. The molecule has 4 nitrogen and oxygen atoms in total. The minimum absolute atomic E-state index is 0.181. The van der Waals surface area contributed by atoms with Gasteiger partial charge in [-0.3, -0.25) is 4.79 Å². The van der Waals surface area contributed by atoms with Gasteiger partial charge in [0.1, 0.15) is 0 Å². The van der Waals surface area contributed by atoms with Gasteiger partial charge in [0.05, 0.1) is 0 Å². The summed E-state index contributed by atoms with van der Waals surface area (Å²) in [5, 5.41) is 3.38. The summed E-state index contributed by atoms with van der Waals surface area (Å²) in [6.07, 6.45) is 0. The van der Waals surface area contributed by atoms with Crippen molar-refractivity contribution in [1.29, 1.82) is 0 Å². The van der Waals surface area contributed by atoms with E-state index >= 15 is 0 Å². The number of para-hydroxylation sites is 1. The predicted octanol–water partition coefficient (Wildman–Crippen LogP) is 1.46. The van der Waals surface area contributed by atoms with E-state index in [0.717, 1.165) is 39.3 Å². The lowest BCUT2D eigenvalue weighted by Gasteiger charge is -2.36. The van der Waals surface area contributed by atoms with Crippen LogP contribution in [0.5, 0.6) is 0 Å². The van der Waals surface area contributed by atoms with Crippen molar-refractivity contribution in [2.24, 2.45) is 0 Å². The average Bonchev–Trinajstić information content (AvgIpc) is 2.45. The first-order valence-corrected chi connectivity index (χ1v) is 7.01. The number of rotatable bonds is 4. The minimum atomic E-state index is 0.181. The van der Waals surface area contributed by atoms with E-state index in [1.807, 2.05) is 4.90 Å². The van der Waals surface area contributed by atoms with Crippen LogP contribution in [0.3, 0.4) is 0 Å². The van der Waals surface area contributed by atoms with Crippen LogP contribution in [0.1, 0.15) is 19.4 Å². The summed E-state index contributed by atoms with van der Waals surface area (Å²) in [5.41, 5.74) is 2.63. The van der Waals surface area contributed by atoms with Crippen molar-refractivity contribution in [2.75, 3.05) is 37.6 Å². The Morgan fingerprint density at radius 1 is 1.21 bits per heavy atom. The highest BCUT2D eigenvalue weighted by Gasteiger charge is 2.19. The third-order valence-corrected chi connectivity index (χ3v) is 3.62. The number of carbonyl (C=O) groups excluding carboxylic acids is 1. The molecule has 0 unspecified atom stereocenters. The number of carbonyl (C=O) groups is 1. The number of amides is 1. The van der Waals surface area contributed by atoms with Crippen molar-refractivity contribution in [2.45, 2.75) is 20.4 Å². The molecule has 1 amide bonds. The molecule has 0 aromatic heterocycles. The fourth-order valence-corrected chi connectivity index (χ4v) is 2.49. The standard InChI is InChI=1S/C15H23N3O/c1-3-16-12-14-6-4-5-7-15(14)18-10-8-17(9-11-18)13(2)19/h4-7,16H,3,8-12H2,1-2H3. The van der Waals surface area contributed by atoms with Crippen molar-refractivity contribution < 1.29 is 4.79 Å². The average molecular weight is 261 g/mol.